The topological polar surface area (TPSA) is 76.1 Å². The monoisotopic (exact) mass is 188 g/mol. The molecule has 0 rings (SSSR count). The van der Waals surface area contributed by atoms with Crippen molar-refractivity contribution in [1.29, 1.82) is 0 Å². The summed E-state index contributed by atoms with van der Waals surface area (Å²) in [4.78, 5) is 0. The van der Waals surface area contributed by atoms with Crippen molar-refractivity contribution in [2.24, 2.45) is 11.5 Å². The van der Waals surface area contributed by atoms with Crippen LogP contribution in [0.1, 0.15) is 19.8 Å². The Morgan fingerprint density at radius 3 is 2.15 bits per heavy atom. The van der Waals surface area contributed by atoms with E-state index in [0.717, 1.165) is 19.4 Å². The first kappa shape index (κ1) is 12.8. The fourth-order valence-corrected chi connectivity index (χ4v) is 1.41. The number of nitrogens with one attached hydrogen (secondary N) is 2. The Labute approximate surface area is 81.4 Å². The summed E-state index contributed by atoms with van der Waals surface area (Å²) in [6, 6.07) is 0.747. The van der Waals surface area contributed by atoms with Crippen LogP contribution in [0.5, 0.6) is 0 Å². The fourth-order valence-electron chi connectivity index (χ4n) is 1.41. The second-order valence-corrected chi connectivity index (χ2v) is 3.38. The molecule has 4 heteroatoms. The first-order chi connectivity index (χ1) is 6.28. The van der Waals surface area contributed by atoms with E-state index < -0.39 is 0 Å². The summed E-state index contributed by atoms with van der Waals surface area (Å²) >= 11 is 0. The molecule has 0 heterocycles. The molecule has 0 aromatic rings. The summed E-state index contributed by atoms with van der Waals surface area (Å²) in [6.07, 6.45) is 2.28. The molecule has 2 unspecified atom stereocenters. The van der Waals surface area contributed by atoms with Crippen LogP contribution in [0.25, 0.3) is 0 Å². The van der Waals surface area contributed by atoms with Crippen LogP contribution in [-0.4, -0.2) is 38.8 Å². The van der Waals surface area contributed by atoms with E-state index in [2.05, 4.69) is 17.6 Å². The number of rotatable bonds is 8. The maximum atomic E-state index is 5.63. The minimum absolute atomic E-state index is 0.338. The normalized spacial score (nSPS) is 15.7. The Balaban J connectivity index is 3.73. The van der Waals surface area contributed by atoms with Crippen LogP contribution < -0.4 is 22.1 Å². The highest BCUT2D eigenvalue weighted by Gasteiger charge is 2.10. The molecule has 0 bridgehead atoms. The van der Waals surface area contributed by atoms with Crippen LogP contribution in [0.2, 0.25) is 0 Å². The molecule has 0 saturated carbocycles. The van der Waals surface area contributed by atoms with Crippen molar-refractivity contribution in [1.82, 2.24) is 10.6 Å². The van der Waals surface area contributed by atoms with Crippen molar-refractivity contribution in [3.8, 4) is 0 Å². The Morgan fingerprint density at radius 2 is 1.77 bits per heavy atom. The Hall–Kier alpha value is -0.160. The summed E-state index contributed by atoms with van der Waals surface area (Å²) in [6.45, 7) is 4.41. The lowest BCUT2D eigenvalue weighted by Gasteiger charge is -2.23. The number of hydrogen-bond acceptors (Lipinski definition) is 4. The predicted octanol–water partition coefficient (Wildman–Crippen LogP) is -0.750. The van der Waals surface area contributed by atoms with Crippen molar-refractivity contribution in [3.05, 3.63) is 0 Å². The van der Waals surface area contributed by atoms with Crippen molar-refractivity contribution in [2.75, 3.05) is 26.7 Å². The zero-order valence-corrected chi connectivity index (χ0v) is 8.84. The molecule has 0 aromatic heterocycles. The molecule has 2 atom stereocenters. The lowest BCUT2D eigenvalue weighted by Crippen LogP contribution is -2.50. The van der Waals surface area contributed by atoms with Crippen LogP contribution in [0.15, 0.2) is 0 Å². The van der Waals surface area contributed by atoms with Crippen LogP contribution in [0.3, 0.4) is 0 Å². The largest absolute Gasteiger partial charge is 0.329 e. The lowest BCUT2D eigenvalue weighted by molar-refractivity contribution is 0.403. The molecule has 0 radical (unpaired) electrons. The molecule has 0 aliphatic carbocycles. The molecule has 0 fully saturated rings. The van der Waals surface area contributed by atoms with Gasteiger partial charge >= 0.3 is 0 Å². The van der Waals surface area contributed by atoms with E-state index in [4.69, 9.17) is 11.5 Å². The van der Waals surface area contributed by atoms with Gasteiger partial charge in [-0.3, -0.25) is 0 Å². The van der Waals surface area contributed by atoms with Crippen LogP contribution in [0.4, 0.5) is 0 Å². The minimum Gasteiger partial charge on any atom is -0.329 e. The third-order valence-electron chi connectivity index (χ3n) is 2.13. The number of likely N-dealkylation sites (N-methyl/N-ethyl adjacent to an activating group) is 1. The molecule has 0 spiro atoms. The van der Waals surface area contributed by atoms with Crippen LogP contribution >= 0.6 is 0 Å². The van der Waals surface area contributed by atoms with Gasteiger partial charge in [0.2, 0.25) is 0 Å². The Morgan fingerprint density at radius 1 is 1.15 bits per heavy atom. The van der Waals surface area contributed by atoms with Gasteiger partial charge in [-0.25, -0.2) is 0 Å². The van der Waals surface area contributed by atoms with Gasteiger partial charge in [-0.1, -0.05) is 13.3 Å². The average molecular weight is 188 g/mol. The van der Waals surface area contributed by atoms with Gasteiger partial charge < -0.3 is 22.1 Å². The van der Waals surface area contributed by atoms with E-state index in [9.17, 15) is 0 Å². The quantitative estimate of drug-likeness (QED) is 0.404. The second kappa shape index (κ2) is 8.44. The Kier molecular flexibility index (Phi) is 8.33. The lowest BCUT2D eigenvalue weighted by atomic mass is 10.1. The van der Waals surface area contributed by atoms with E-state index in [0.29, 0.717) is 25.2 Å². The highest BCUT2D eigenvalue weighted by atomic mass is 15.0. The van der Waals surface area contributed by atoms with Gasteiger partial charge in [-0.2, -0.15) is 0 Å². The summed E-state index contributed by atoms with van der Waals surface area (Å²) in [7, 11) is 1.93. The van der Waals surface area contributed by atoms with Gasteiger partial charge in [-0.15, -0.1) is 0 Å². The molecule has 6 N–H and O–H groups in total. The maximum absolute atomic E-state index is 5.63. The molecule has 0 aliphatic heterocycles. The molecule has 0 amide bonds. The zero-order chi connectivity index (χ0) is 10.1. The van der Waals surface area contributed by atoms with Gasteiger partial charge in [0.25, 0.3) is 0 Å². The first-order valence-corrected chi connectivity index (χ1v) is 5.09. The zero-order valence-electron chi connectivity index (χ0n) is 8.84. The van der Waals surface area contributed by atoms with Gasteiger partial charge in [0.05, 0.1) is 0 Å². The maximum Gasteiger partial charge on any atom is 0.0318 e. The SMILES string of the molecule is CCCC(CN)NC(CN)CNC. The molecule has 0 saturated heterocycles. The van der Waals surface area contributed by atoms with Crippen molar-refractivity contribution in [2.45, 2.75) is 31.8 Å². The molecule has 13 heavy (non-hydrogen) atoms. The van der Waals surface area contributed by atoms with Gasteiger partial charge in [0, 0.05) is 31.7 Å². The van der Waals surface area contributed by atoms with Crippen molar-refractivity contribution < 1.29 is 0 Å². The predicted molar refractivity (Wildman–Crippen MR) is 57.7 cm³/mol. The highest BCUT2D eigenvalue weighted by molar-refractivity contribution is 4.76. The minimum atomic E-state index is 0.338. The third-order valence-corrected chi connectivity index (χ3v) is 2.13. The summed E-state index contributed by atoms with van der Waals surface area (Å²) in [5, 5.41) is 6.55. The molecular weight excluding hydrogens is 164 g/mol. The van der Waals surface area contributed by atoms with E-state index in [-0.39, 0.29) is 0 Å². The summed E-state index contributed by atoms with van der Waals surface area (Å²) in [5.41, 5.74) is 11.2. The molecule has 80 valence electrons. The summed E-state index contributed by atoms with van der Waals surface area (Å²) < 4.78 is 0. The van der Waals surface area contributed by atoms with E-state index >= 15 is 0 Å². The molecule has 0 aromatic carbocycles. The molecule has 4 nitrogen and oxygen atoms in total. The standard InChI is InChI=1S/C9H24N4/c1-3-4-8(5-10)13-9(6-11)7-12-2/h8-9,12-13H,3-7,10-11H2,1-2H3. The van der Waals surface area contributed by atoms with E-state index in [1.807, 2.05) is 7.05 Å². The first-order valence-electron chi connectivity index (χ1n) is 5.09. The van der Waals surface area contributed by atoms with Crippen LogP contribution in [0, 0.1) is 0 Å². The van der Waals surface area contributed by atoms with Crippen molar-refractivity contribution in [3.63, 3.8) is 0 Å². The fraction of sp³-hybridized carbons (Fsp3) is 1.00. The van der Waals surface area contributed by atoms with E-state index in [1.54, 1.807) is 0 Å². The number of hydrogen-bond donors (Lipinski definition) is 4. The van der Waals surface area contributed by atoms with Gasteiger partial charge in [0.15, 0.2) is 0 Å². The second-order valence-electron chi connectivity index (χ2n) is 3.38. The third kappa shape index (κ3) is 5.99. The van der Waals surface area contributed by atoms with Crippen LogP contribution in [-0.2, 0) is 0 Å². The molecule has 0 aliphatic rings. The van der Waals surface area contributed by atoms with Gasteiger partial charge in [0.1, 0.15) is 0 Å². The van der Waals surface area contributed by atoms with Crippen molar-refractivity contribution >= 4 is 0 Å². The smallest absolute Gasteiger partial charge is 0.0318 e. The highest BCUT2D eigenvalue weighted by Crippen LogP contribution is 1.95. The summed E-state index contributed by atoms with van der Waals surface area (Å²) in [5.74, 6) is 0. The average Bonchev–Trinajstić information content (AvgIpc) is 2.16. The molecular formula is C9H24N4. The van der Waals surface area contributed by atoms with E-state index in [1.165, 1.54) is 0 Å². The number of nitrogens with two attached hydrogens (primary N) is 2. The van der Waals surface area contributed by atoms with Gasteiger partial charge in [-0.05, 0) is 13.5 Å². The Bertz CT molecular complexity index is 95.8.